The average molecular weight is 383 g/mol. The van der Waals surface area contributed by atoms with E-state index in [1.54, 1.807) is 17.5 Å². The van der Waals surface area contributed by atoms with Gasteiger partial charge in [-0.05, 0) is 24.3 Å². The Morgan fingerprint density at radius 3 is 2.56 bits per heavy atom. The topological polar surface area (TPSA) is 89.0 Å². The van der Waals surface area contributed by atoms with Gasteiger partial charge >= 0.3 is 5.97 Å². The molecule has 0 bridgehead atoms. The Balaban J connectivity index is 1.86. The third-order valence-electron chi connectivity index (χ3n) is 3.67. The van der Waals surface area contributed by atoms with Crippen LogP contribution in [0.15, 0.2) is 29.6 Å². The average Bonchev–Trinajstić information content (AvgIpc) is 3.12. The van der Waals surface area contributed by atoms with Crippen LogP contribution in [-0.4, -0.2) is 52.8 Å². The summed E-state index contributed by atoms with van der Waals surface area (Å²) in [6.07, 6.45) is 0. The van der Waals surface area contributed by atoms with E-state index in [-0.39, 0.29) is 0 Å². The number of nitrogens with zero attached hydrogens (tertiary/aromatic N) is 3. The Labute approximate surface area is 150 Å². The highest BCUT2D eigenvalue weighted by atomic mass is 32.2. The molecule has 10 heteroatoms. The van der Waals surface area contributed by atoms with Gasteiger partial charge in [0, 0.05) is 18.5 Å². The molecule has 3 rings (SSSR count). The number of morpholine rings is 1. The van der Waals surface area contributed by atoms with Crippen LogP contribution in [0.4, 0.5) is 16.6 Å². The van der Waals surface area contributed by atoms with Crippen molar-refractivity contribution in [3.8, 4) is 0 Å². The molecule has 2 aromatic rings. The second-order valence-corrected chi connectivity index (χ2v) is 6.89. The number of carbonyl (C=O) groups is 1. The van der Waals surface area contributed by atoms with Gasteiger partial charge in [0.1, 0.15) is 0 Å². The molecule has 8 nitrogen and oxygen atoms in total. The zero-order valence-corrected chi connectivity index (χ0v) is 15.2. The molecule has 0 amide bonds. The third-order valence-corrected chi connectivity index (χ3v) is 5.33. The Morgan fingerprint density at radius 1 is 1.28 bits per heavy atom. The van der Waals surface area contributed by atoms with E-state index in [9.17, 15) is 13.2 Å². The Bertz CT molecular complexity index is 805. The Hall–Kier alpha value is -2.17. The fraction of sp³-hybridized carbons (Fsp3) is 0.333. The van der Waals surface area contributed by atoms with E-state index >= 15 is 0 Å². The zero-order chi connectivity index (χ0) is 17.8. The predicted octanol–water partition coefficient (Wildman–Crippen LogP) is 1.43. The molecule has 134 valence electrons. The normalized spacial score (nSPS) is 14.6. The van der Waals surface area contributed by atoms with Crippen molar-refractivity contribution in [2.45, 2.75) is 0 Å². The molecule has 0 unspecified atom stereocenters. The van der Waals surface area contributed by atoms with Crippen LogP contribution in [0.3, 0.4) is 0 Å². The molecule has 1 saturated heterocycles. The van der Waals surface area contributed by atoms with Gasteiger partial charge in [0.15, 0.2) is 10.9 Å². The standard InChI is InChI=1S/C15H17N3O5S2/c1-22-14(19)11-2-4-12(5-3-11)18(25(20)21)13-10-24-15(16-13)17-6-8-23-9-7-17/h2-5,10,25H,6-9H2,1H3. The number of carbonyl (C=O) groups excluding carboxylic acids is 1. The molecule has 0 spiro atoms. The summed E-state index contributed by atoms with van der Waals surface area (Å²) in [4.78, 5) is 18.0. The van der Waals surface area contributed by atoms with E-state index in [4.69, 9.17) is 4.74 Å². The summed E-state index contributed by atoms with van der Waals surface area (Å²) in [5, 5.41) is 2.45. The van der Waals surface area contributed by atoms with E-state index in [2.05, 4.69) is 14.6 Å². The van der Waals surface area contributed by atoms with Gasteiger partial charge < -0.3 is 14.4 Å². The summed E-state index contributed by atoms with van der Waals surface area (Å²) in [6, 6.07) is 6.13. The predicted molar refractivity (Wildman–Crippen MR) is 95.4 cm³/mol. The van der Waals surface area contributed by atoms with Gasteiger partial charge in [0.25, 0.3) is 0 Å². The number of thiol groups is 1. The molecule has 0 saturated carbocycles. The summed E-state index contributed by atoms with van der Waals surface area (Å²) in [5.74, 6) is -0.152. The molecule has 1 aromatic heterocycles. The molecule has 0 N–H and O–H groups in total. The minimum Gasteiger partial charge on any atom is -0.465 e. The van der Waals surface area contributed by atoms with Crippen molar-refractivity contribution in [3.05, 3.63) is 35.2 Å². The molecule has 1 aliphatic heterocycles. The van der Waals surface area contributed by atoms with Gasteiger partial charge in [0.05, 0.1) is 31.6 Å². The maximum atomic E-state index is 11.8. The third kappa shape index (κ3) is 3.91. The van der Waals surface area contributed by atoms with Gasteiger partial charge in [0.2, 0.25) is 10.9 Å². The van der Waals surface area contributed by atoms with Crippen molar-refractivity contribution < 1.29 is 22.7 Å². The van der Waals surface area contributed by atoms with Crippen LogP contribution in [0, 0.1) is 0 Å². The van der Waals surface area contributed by atoms with Gasteiger partial charge in [-0.25, -0.2) is 22.5 Å². The van der Waals surface area contributed by atoms with E-state index in [0.29, 0.717) is 30.3 Å². The number of methoxy groups -OCH3 is 1. The molecule has 2 heterocycles. The van der Waals surface area contributed by atoms with Gasteiger partial charge in [-0.15, -0.1) is 11.3 Å². The van der Waals surface area contributed by atoms with E-state index in [1.165, 1.54) is 30.6 Å². The fourth-order valence-electron chi connectivity index (χ4n) is 2.42. The molecule has 0 atom stereocenters. The smallest absolute Gasteiger partial charge is 0.337 e. The van der Waals surface area contributed by atoms with Crippen LogP contribution < -0.4 is 9.21 Å². The summed E-state index contributed by atoms with van der Waals surface area (Å²) in [5.41, 5.74) is 0.752. The summed E-state index contributed by atoms with van der Waals surface area (Å²) in [7, 11) is -1.64. The SMILES string of the molecule is COC(=O)c1ccc(N(c2csc(N3CCOCC3)n2)[SH](=O)=O)cc1. The van der Waals surface area contributed by atoms with Crippen LogP contribution in [-0.2, 0) is 20.4 Å². The molecule has 0 radical (unpaired) electrons. The first kappa shape index (κ1) is 17.6. The molecule has 1 aromatic carbocycles. The molecule has 1 fully saturated rings. The quantitative estimate of drug-likeness (QED) is 0.617. The van der Waals surface area contributed by atoms with Crippen LogP contribution in [0.25, 0.3) is 0 Å². The molecule has 1 aliphatic rings. The van der Waals surface area contributed by atoms with E-state index in [0.717, 1.165) is 22.5 Å². The lowest BCUT2D eigenvalue weighted by molar-refractivity contribution is 0.0600. The Morgan fingerprint density at radius 2 is 1.96 bits per heavy atom. The minimum absolute atomic E-state index is 0.327. The second kappa shape index (κ2) is 7.81. The van der Waals surface area contributed by atoms with E-state index < -0.39 is 16.9 Å². The molecule has 0 aliphatic carbocycles. The number of ether oxygens (including phenoxy) is 2. The van der Waals surface area contributed by atoms with Crippen molar-refractivity contribution in [1.29, 1.82) is 0 Å². The highest BCUT2D eigenvalue weighted by Gasteiger charge is 2.20. The molecular formula is C15H17N3O5S2. The maximum Gasteiger partial charge on any atom is 0.337 e. The van der Waals surface area contributed by atoms with Crippen molar-refractivity contribution in [1.82, 2.24) is 4.98 Å². The number of rotatable bonds is 5. The van der Waals surface area contributed by atoms with Crippen molar-refractivity contribution in [3.63, 3.8) is 0 Å². The van der Waals surface area contributed by atoms with Gasteiger partial charge in [-0.3, -0.25) is 0 Å². The van der Waals surface area contributed by atoms with Crippen molar-refractivity contribution in [2.75, 3.05) is 42.6 Å². The lowest BCUT2D eigenvalue weighted by Crippen LogP contribution is -2.36. The van der Waals surface area contributed by atoms with Crippen LogP contribution in [0.2, 0.25) is 0 Å². The first-order valence-corrected chi connectivity index (χ1v) is 9.52. The number of anilines is 3. The highest BCUT2D eigenvalue weighted by Crippen LogP contribution is 2.31. The Kier molecular flexibility index (Phi) is 5.51. The largest absolute Gasteiger partial charge is 0.465 e. The number of aromatic nitrogens is 1. The minimum atomic E-state index is -2.93. The number of hydrogen-bond acceptors (Lipinski definition) is 8. The monoisotopic (exact) mass is 383 g/mol. The van der Waals surface area contributed by atoms with Gasteiger partial charge in [-0.2, -0.15) is 0 Å². The number of esters is 1. The second-order valence-electron chi connectivity index (χ2n) is 5.18. The fourth-order valence-corrected chi connectivity index (χ4v) is 3.94. The number of hydrogen-bond donors (Lipinski definition) is 1. The molecular weight excluding hydrogens is 366 g/mol. The lowest BCUT2D eigenvalue weighted by atomic mass is 10.2. The highest BCUT2D eigenvalue weighted by molar-refractivity contribution is 7.74. The zero-order valence-electron chi connectivity index (χ0n) is 13.5. The van der Waals surface area contributed by atoms with Crippen molar-refractivity contribution in [2.24, 2.45) is 0 Å². The van der Waals surface area contributed by atoms with Crippen LogP contribution in [0.5, 0.6) is 0 Å². The first-order chi connectivity index (χ1) is 12.1. The molecule has 25 heavy (non-hydrogen) atoms. The van der Waals surface area contributed by atoms with Crippen LogP contribution in [0.1, 0.15) is 10.4 Å². The van der Waals surface area contributed by atoms with Crippen molar-refractivity contribution >= 4 is 44.8 Å². The van der Waals surface area contributed by atoms with Crippen LogP contribution >= 0.6 is 11.3 Å². The first-order valence-electron chi connectivity index (χ1n) is 7.51. The van der Waals surface area contributed by atoms with Gasteiger partial charge in [-0.1, -0.05) is 0 Å². The summed E-state index contributed by atoms with van der Waals surface area (Å²) < 4.78 is 34.6. The number of benzene rings is 1. The number of thiazole rings is 1. The summed E-state index contributed by atoms with van der Waals surface area (Å²) >= 11 is 1.38. The summed E-state index contributed by atoms with van der Waals surface area (Å²) in [6.45, 7) is 2.71. The van der Waals surface area contributed by atoms with E-state index in [1.807, 2.05) is 0 Å². The lowest BCUT2D eigenvalue weighted by Gasteiger charge is -2.26. The maximum absolute atomic E-state index is 11.8.